The van der Waals surface area contributed by atoms with Crippen LogP contribution in [0.5, 0.6) is 0 Å². The Morgan fingerprint density at radius 2 is 1.95 bits per heavy atom. The molecule has 5 heteroatoms. The number of halogens is 2. The Bertz CT molecular complexity index is 557. The molecule has 0 saturated carbocycles. The first-order chi connectivity index (χ1) is 9.69. The van der Waals surface area contributed by atoms with E-state index in [1.807, 2.05) is 12.1 Å². The molecule has 0 spiro atoms. The monoisotopic (exact) mass is 297 g/mol. The highest BCUT2D eigenvalue weighted by molar-refractivity contribution is 7.98. The van der Waals surface area contributed by atoms with Gasteiger partial charge in [-0.25, -0.2) is 8.78 Å². The predicted molar refractivity (Wildman–Crippen MR) is 76.6 cm³/mol. The maximum absolute atomic E-state index is 13.5. The number of hydrogen-bond donors (Lipinski definition) is 1. The van der Waals surface area contributed by atoms with Gasteiger partial charge in [0.1, 0.15) is 23.2 Å². The lowest BCUT2D eigenvalue weighted by Gasteiger charge is -2.02. The van der Waals surface area contributed by atoms with Gasteiger partial charge in [-0.05, 0) is 43.3 Å². The van der Waals surface area contributed by atoms with E-state index in [0.29, 0.717) is 17.2 Å². The second-order valence-corrected chi connectivity index (χ2v) is 5.43. The summed E-state index contributed by atoms with van der Waals surface area (Å²) in [4.78, 5) is 0.298. The maximum Gasteiger partial charge on any atom is 0.136 e. The molecule has 1 aromatic carbocycles. The van der Waals surface area contributed by atoms with Gasteiger partial charge in [-0.15, -0.1) is 11.8 Å². The van der Waals surface area contributed by atoms with E-state index in [2.05, 4.69) is 12.2 Å². The fourth-order valence-electron chi connectivity index (χ4n) is 1.72. The number of rotatable bonds is 7. The van der Waals surface area contributed by atoms with Gasteiger partial charge in [-0.3, -0.25) is 0 Å². The molecule has 2 nitrogen and oxygen atoms in total. The highest BCUT2D eigenvalue weighted by atomic mass is 32.2. The molecule has 2 rings (SSSR count). The molecule has 108 valence electrons. The van der Waals surface area contributed by atoms with Gasteiger partial charge in [0, 0.05) is 4.90 Å². The third-order valence-corrected chi connectivity index (χ3v) is 3.76. The lowest BCUT2D eigenvalue weighted by atomic mass is 10.3. The smallest absolute Gasteiger partial charge is 0.136 e. The van der Waals surface area contributed by atoms with Crippen molar-refractivity contribution in [3.8, 4) is 0 Å². The van der Waals surface area contributed by atoms with Gasteiger partial charge in [0.15, 0.2) is 0 Å². The molecule has 1 heterocycles. The zero-order valence-electron chi connectivity index (χ0n) is 11.3. The number of thioether (sulfide) groups is 1. The van der Waals surface area contributed by atoms with Crippen LogP contribution in [0.2, 0.25) is 0 Å². The quantitative estimate of drug-likeness (QED) is 0.607. The van der Waals surface area contributed by atoms with Crippen molar-refractivity contribution in [1.29, 1.82) is 0 Å². The largest absolute Gasteiger partial charge is 0.464 e. The predicted octanol–water partition coefficient (Wildman–Crippen LogP) is 4.35. The summed E-state index contributed by atoms with van der Waals surface area (Å²) >= 11 is 1.23. The van der Waals surface area contributed by atoms with Crippen LogP contribution in [0.25, 0.3) is 0 Å². The highest BCUT2D eigenvalue weighted by Gasteiger charge is 2.07. The number of hydrogen-bond acceptors (Lipinski definition) is 3. The Labute approximate surface area is 121 Å². The Morgan fingerprint density at radius 1 is 1.15 bits per heavy atom. The minimum atomic E-state index is -0.433. The minimum absolute atomic E-state index is 0.298. The van der Waals surface area contributed by atoms with Gasteiger partial charge < -0.3 is 9.73 Å². The molecule has 2 aromatic rings. The third kappa shape index (κ3) is 4.35. The summed E-state index contributed by atoms with van der Waals surface area (Å²) in [6.45, 7) is 3.73. The van der Waals surface area contributed by atoms with Crippen molar-refractivity contribution in [3.63, 3.8) is 0 Å². The molecule has 0 saturated heterocycles. The number of furan rings is 1. The molecule has 0 fully saturated rings. The first-order valence-electron chi connectivity index (χ1n) is 6.55. The van der Waals surface area contributed by atoms with Gasteiger partial charge in [0.05, 0.1) is 12.3 Å². The third-order valence-electron chi connectivity index (χ3n) is 2.71. The van der Waals surface area contributed by atoms with Crippen LogP contribution in [0.1, 0.15) is 24.9 Å². The van der Waals surface area contributed by atoms with E-state index in [-0.39, 0.29) is 0 Å². The van der Waals surface area contributed by atoms with Crippen molar-refractivity contribution >= 4 is 11.8 Å². The van der Waals surface area contributed by atoms with Gasteiger partial charge in [0.2, 0.25) is 0 Å². The Morgan fingerprint density at radius 3 is 2.75 bits per heavy atom. The maximum atomic E-state index is 13.5. The van der Waals surface area contributed by atoms with Gasteiger partial charge in [-0.2, -0.15) is 0 Å². The van der Waals surface area contributed by atoms with Gasteiger partial charge in [0.25, 0.3) is 0 Å². The molecule has 0 aliphatic heterocycles. The van der Waals surface area contributed by atoms with Crippen molar-refractivity contribution in [2.75, 3.05) is 6.54 Å². The minimum Gasteiger partial charge on any atom is -0.464 e. The first-order valence-corrected chi connectivity index (χ1v) is 7.53. The molecule has 0 aliphatic carbocycles. The molecule has 0 bridgehead atoms. The summed E-state index contributed by atoms with van der Waals surface area (Å²) < 4.78 is 32.1. The summed E-state index contributed by atoms with van der Waals surface area (Å²) in [6.07, 6.45) is 1.07. The average Bonchev–Trinajstić information content (AvgIpc) is 2.88. The summed E-state index contributed by atoms with van der Waals surface area (Å²) in [5.74, 6) is 1.25. The molecule has 0 atom stereocenters. The van der Waals surface area contributed by atoms with Crippen LogP contribution in [0.3, 0.4) is 0 Å². The van der Waals surface area contributed by atoms with E-state index < -0.39 is 11.6 Å². The molecular weight excluding hydrogens is 280 g/mol. The fourth-order valence-corrected chi connectivity index (χ4v) is 2.57. The summed E-state index contributed by atoms with van der Waals surface area (Å²) in [6, 6.07) is 7.23. The molecule has 0 amide bonds. The second-order valence-electron chi connectivity index (χ2n) is 4.41. The van der Waals surface area contributed by atoms with E-state index in [1.54, 1.807) is 0 Å². The molecule has 0 unspecified atom stereocenters. The lowest BCUT2D eigenvalue weighted by molar-refractivity contribution is 0.459. The fraction of sp³-hybridized carbons (Fsp3) is 0.333. The van der Waals surface area contributed by atoms with Crippen molar-refractivity contribution in [2.45, 2.75) is 30.5 Å². The molecule has 0 radical (unpaired) electrons. The standard InChI is InChI=1S/C15H17F2NOS/c1-2-7-18-9-12-4-5-13(19-12)10-20-15-8-11(16)3-6-14(15)17/h3-6,8,18H,2,7,9-10H2,1H3. The topological polar surface area (TPSA) is 25.2 Å². The van der Waals surface area contributed by atoms with E-state index in [1.165, 1.54) is 17.8 Å². The molecule has 1 N–H and O–H groups in total. The van der Waals surface area contributed by atoms with Crippen LogP contribution in [0.15, 0.2) is 39.6 Å². The van der Waals surface area contributed by atoms with E-state index >= 15 is 0 Å². The van der Waals surface area contributed by atoms with Gasteiger partial charge in [-0.1, -0.05) is 6.92 Å². The summed E-state index contributed by atoms with van der Waals surface area (Å²) in [7, 11) is 0. The van der Waals surface area contributed by atoms with Crippen LogP contribution in [-0.2, 0) is 12.3 Å². The Kier molecular flexibility index (Phi) is 5.61. The van der Waals surface area contributed by atoms with Crippen LogP contribution in [-0.4, -0.2) is 6.54 Å². The highest BCUT2D eigenvalue weighted by Crippen LogP contribution is 2.26. The van der Waals surface area contributed by atoms with E-state index in [9.17, 15) is 8.78 Å². The Balaban J connectivity index is 1.89. The second kappa shape index (κ2) is 7.45. The van der Waals surface area contributed by atoms with Crippen molar-refractivity contribution in [3.05, 3.63) is 53.5 Å². The van der Waals surface area contributed by atoms with Crippen LogP contribution < -0.4 is 5.32 Å². The molecule has 0 aliphatic rings. The average molecular weight is 297 g/mol. The van der Waals surface area contributed by atoms with E-state index in [4.69, 9.17) is 4.42 Å². The first kappa shape index (κ1) is 15.1. The lowest BCUT2D eigenvalue weighted by Crippen LogP contribution is -2.12. The van der Waals surface area contributed by atoms with Crippen molar-refractivity contribution in [2.24, 2.45) is 0 Å². The summed E-state index contributed by atoms with van der Waals surface area (Å²) in [5.41, 5.74) is 0. The SMILES string of the molecule is CCCNCc1ccc(CSc2cc(F)ccc2F)o1. The molecule has 1 aromatic heterocycles. The summed E-state index contributed by atoms with van der Waals surface area (Å²) in [5, 5.41) is 3.24. The van der Waals surface area contributed by atoms with Crippen molar-refractivity contribution < 1.29 is 13.2 Å². The zero-order chi connectivity index (χ0) is 14.4. The zero-order valence-corrected chi connectivity index (χ0v) is 12.1. The van der Waals surface area contributed by atoms with Crippen LogP contribution in [0.4, 0.5) is 8.78 Å². The molecular formula is C15H17F2NOS. The van der Waals surface area contributed by atoms with Crippen molar-refractivity contribution in [1.82, 2.24) is 5.32 Å². The van der Waals surface area contributed by atoms with E-state index in [0.717, 1.165) is 36.6 Å². The van der Waals surface area contributed by atoms with Crippen LogP contribution in [0, 0.1) is 11.6 Å². The number of benzene rings is 1. The van der Waals surface area contributed by atoms with Gasteiger partial charge >= 0.3 is 0 Å². The van der Waals surface area contributed by atoms with Crippen LogP contribution >= 0.6 is 11.8 Å². The number of nitrogens with one attached hydrogen (secondary N) is 1. The molecule has 20 heavy (non-hydrogen) atoms. The normalized spacial score (nSPS) is 10.9. The Hall–Kier alpha value is -1.33.